The molecule has 4 aromatic carbocycles. The van der Waals surface area contributed by atoms with Crippen LogP contribution in [0.15, 0.2) is 103 Å². The van der Waals surface area contributed by atoms with Crippen LogP contribution in [0.5, 0.6) is 0 Å². The Morgan fingerprint density at radius 3 is 1.97 bits per heavy atom. The maximum absolute atomic E-state index is 12.6. The van der Waals surface area contributed by atoms with Crippen molar-refractivity contribution in [2.24, 2.45) is 5.92 Å². The minimum atomic E-state index is -0.475. The van der Waals surface area contributed by atoms with Crippen molar-refractivity contribution in [3.8, 4) is 0 Å². The highest BCUT2D eigenvalue weighted by Crippen LogP contribution is 2.39. The first-order valence-corrected chi connectivity index (χ1v) is 11.3. The van der Waals surface area contributed by atoms with Crippen LogP contribution in [0.1, 0.15) is 26.3 Å². The van der Waals surface area contributed by atoms with E-state index in [1.54, 1.807) is 48.5 Å². The van der Waals surface area contributed by atoms with Crippen LogP contribution in [0.25, 0.3) is 10.8 Å². The highest BCUT2D eigenvalue weighted by Gasteiger charge is 2.55. The number of esters is 2. The average molecular weight is 453 g/mol. The summed E-state index contributed by atoms with van der Waals surface area (Å²) in [6.07, 6.45) is -0.820. The van der Waals surface area contributed by atoms with Crippen LogP contribution < -0.4 is 0 Å². The van der Waals surface area contributed by atoms with Crippen molar-refractivity contribution in [1.82, 2.24) is 0 Å². The molecule has 0 spiro atoms. The standard InChI is InChI=1S/C29H24O5/c30-28(22-10-3-1-4-11-22)33-19-25-26(27(25)34-29(31)23-12-5-2-6-13-23)32-18-20-15-16-21-9-7-8-14-24(21)17-20/h1-17,25-27H,18-19H2. The van der Waals surface area contributed by atoms with Gasteiger partial charge in [-0.2, -0.15) is 0 Å². The summed E-state index contributed by atoms with van der Waals surface area (Å²) in [5.41, 5.74) is 1.98. The number of hydrogen-bond donors (Lipinski definition) is 0. The monoisotopic (exact) mass is 452 g/mol. The molecule has 4 aromatic rings. The van der Waals surface area contributed by atoms with Crippen molar-refractivity contribution in [2.45, 2.75) is 18.8 Å². The van der Waals surface area contributed by atoms with Crippen molar-refractivity contribution >= 4 is 22.7 Å². The molecule has 0 heterocycles. The molecule has 0 aromatic heterocycles. The van der Waals surface area contributed by atoms with E-state index in [2.05, 4.69) is 24.3 Å². The van der Waals surface area contributed by atoms with Gasteiger partial charge in [0, 0.05) is 0 Å². The van der Waals surface area contributed by atoms with E-state index in [9.17, 15) is 9.59 Å². The maximum Gasteiger partial charge on any atom is 0.338 e. The van der Waals surface area contributed by atoms with E-state index in [0.29, 0.717) is 17.7 Å². The summed E-state index contributed by atoms with van der Waals surface area (Å²) in [5, 5.41) is 2.30. The minimum Gasteiger partial charge on any atom is -0.462 e. The predicted molar refractivity (Wildman–Crippen MR) is 128 cm³/mol. The van der Waals surface area contributed by atoms with Crippen LogP contribution in [0.3, 0.4) is 0 Å². The fraction of sp³-hybridized carbons (Fsp3) is 0.172. The molecule has 0 amide bonds. The van der Waals surface area contributed by atoms with E-state index in [-0.39, 0.29) is 18.6 Å². The molecule has 0 aliphatic heterocycles. The second-order valence-corrected chi connectivity index (χ2v) is 8.32. The van der Waals surface area contributed by atoms with Crippen LogP contribution in [0.4, 0.5) is 0 Å². The lowest BCUT2D eigenvalue weighted by Gasteiger charge is -2.07. The van der Waals surface area contributed by atoms with Gasteiger partial charge in [0.15, 0.2) is 0 Å². The number of fused-ring (bicyclic) bond motifs is 1. The summed E-state index contributed by atoms with van der Waals surface area (Å²) < 4.78 is 17.3. The van der Waals surface area contributed by atoms with Gasteiger partial charge in [-0.1, -0.05) is 72.8 Å². The second kappa shape index (κ2) is 9.89. The van der Waals surface area contributed by atoms with Crippen molar-refractivity contribution in [3.63, 3.8) is 0 Å². The fourth-order valence-corrected chi connectivity index (χ4v) is 3.99. The van der Waals surface area contributed by atoms with Gasteiger partial charge in [-0.15, -0.1) is 0 Å². The van der Waals surface area contributed by atoms with E-state index in [0.717, 1.165) is 16.3 Å². The summed E-state index contributed by atoms with van der Waals surface area (Å²) in [5.74, 6) is -1.04. The Kier molecular flexibility index (Phi) is 6.36. The van der Waals surface area contributed by atoms with Gasteiger partial charge in [0.1, 0.15) is 18.8 Å². The summed E-state index contributed by atoms with van der Waals surface area (Å²) >= 11 is 0. The van der Waals surface area contributed by atoms with Gasteiger partial charge in [0.25, 0.3) is 0 Å². The highest BCUT2D eigenvalue weighted by atomic mass is 16.6. The third kappa shape index (κ3) is 5.00. The zero-order valence-corrected chi connectivity index (χ0v) is 18.5. The molecule has 1 aliphatic rings. The van der Waals surface area contributed by atoms with Gasteiger partial charge in [0.2, 0.25) is 0 Å². The molecule has 3 atom stereocenters. The Morgan fingerprint density at radius 1 is 0.647 bits per heavy atom. The van der Waals surface area contributed by atoms with Crippen LogP contribution in [0.2, 0.25) is 0 Å². The zero-order valence-electron chi connectivity index (χ0n) is 18.5. The van der Waals surface area contributed by atoms with Crippen molar-refractivity contribution < 1.29 is 23.8 Å². The molecule has 34 heavy (non-hydrogen) atoms. The third-order valence-electron chi connectivity index (χ3n) is 5.95. The predicted octanol–water partition coefficient (Wildman–Crippen LogP) is 5.44. The van der Waals surface area contributed by atoms with Gasteiger partial charge >= 0.3 is 11.9 Å². The molecule has 0 saturated heterocycles. The molecule has 1 aliphatic carbocycles. The van der Waals surface area contributed by atoms with E-state index in [1.165, 1.54) is 0 Å². The minimum absolute atomic E-state index is 0.114. The van der Waals surface area contributed by atoms with Crippen molar-refractivity contribution in [2.75, 3.05) is 6.61 Å². The molecule has 0 bridgehead atoms. The lowest BCUT2D eigenvalue weighted by atomic mass is 10.1. The molecule has 5 nitrogen and oxygen atoms in total. The van der Waals surface area contributed by atoms with Crippen molar-refractivity contribution in [1.29, 1.82) is 0 Å². The Labute approximate surface area is 197 Å². The molecule has 170 valence electrons. The normalized spacial score (nSPS) is 18.9. The molecular formula is C29H24O5. The zero-order chi connectivity index (χ0) is 23.3. The lowest BCUT2D eigenvalue weighted by Crippen LogP contribution is -2.12. The summed E-state index contributed by atoms with van der Waals surface area (Å²) in [6.45, 7) is 0.487. The van der Waals surface area contributed by atoms with Crippen molar-refractivity contribution in [3.05, 3.63) is 120 Å². The Balaban J connectivity index is 1.24. The number of rotatable bonds is 8. The van der Waals surface area contributed by atoms with Crippen LogP contribution in [-0.2, 0) is 20.8 Å². The molecular weight excluding hydrogens is 428 g/mol. The largest absolute Gasteiger partial charge is 0.462 e. The van der Waals surface area contributed by atoms with Crippen LogP contribution >= 0.6 is 0 Å². The molecule has 1 saturated carbocycles. The first-order chi connectivity index (χ1) is 16.7. The maximum atomic E-state index is 12.6. The van der Waals surface area contributed by atoms with Gasteiger partial charge < -0.3 is 14.2 Å². The highest BCUT2D eigenvalue weighted by molar-refractivity contribution is 5.90. The molecule has 0 N–H and O–H groups in total. The van der Waals surface area contributed by atoms with Crippen LogP contribution in [0, 0.1) is 5.92 Å². The first-order valence-electron chi connectivity index (χ1n) is 11.3. The lowest BCUT2D eigenvalue weighted by molar-refractivity contribution is 0.0265. The molecule has 5 heteroatoms. The number of hydrogen-bond acceptors (Lipinski definition) is 5. The molecule has 0 radical (unpaired) electrons. The Hall–Kier alpha value is -3.96. The molecule has 5 rings (SSSR count). The van der Waals surface area contributed by atoms with E-state index < -0.39 is 18.0 Å². The quantitative estimate of drug-likeness (QED) is 0.333. The summed E-state index contributed by atoms with van der Waals surface area (Å²) in [4.78, 5) is 24.9. The SMILES string of the molecule is O=C(OCC1C(OCc2ccc3ccccc3c2)C1OC(=O)c1ccccc1)c1ccccc1. The van der Waals surface area contributed by atoms with E-state index >= 15 is 0 Å². The Bertz CT molecular complexity index is 1290. The third-order valence-corrected chi connectivity index (χ3v) is 5.95. The van der Waals surface area contributed by atoms with Gasteiger partial charge in [-0.3, -0.25) is 0 Å². The van der Waals surface area contributed by atoms with E-state index in [1.807, 2.05) is 30.3 Å². The first kappa shape index (κ1) is 21.9. The number of carbonyl (C=O) groups is 2. The van der Waals surface area contributed by atoms with Crippen LogP contribution in [-0.4, -0.2) is 30.8 Å². The van der Waals surface area contributed by atoms with Gasteiger partial charge in [-0.25, -0.2) is 9.59 Å². The number of ether oxygens (including phenoxy) is 3. The van der Waals surface area contributed by atoms with Gasteiger partial charge in [-0.05, 0) is 46.7 Å². The average Bonchev–Trinajstić information content (AvgIpc) is 3.56. The van der Waals surface area contributed by atoms with E-state index in [4.69, 9.17) is 14.2 Å². The smallest absolute Gasteiger partial charge is 0.338 e. The fourth-order valence-electron chi connectivity index (χ4n) is 3.99. The molecule has 1 fully saturated rings. The summed E-state index contributed by atoms with van der Waals surface area (Å²) in [6, 6.07) is 32.0. The topological polar surface area (TPSA) is 61.8 Å². The van der Waals surface area contributed by atoms with Gasteiger partial charge in [0.05, 0.1) is 23.7 Å². The Morgan fingerprint density at radius 2 is 1.26 bits per heavy atom. The molecule has 3 unspecified atom stereocenters. The number of carbonyl (C=O) groups excluding carboxylic acids is 2. The second-order valence-electron chi connectivity index (χ2n) is 8.32. The summed E-state index contributed by atoms with van der Waals surface area (Å²) in [7, 11) is 0. The number of benzene rings is 4.